The summed E-state index contributed by atoms with van der Waals surface area (Å²) in [5.41, 5.74) is 0.331. The van der Waals surface area contributed by atoms with Gasteiger partial charge < -0.3 is 23.7 Å². The molecule has 0 aromatic heterocycles. The molecule has 0 rings (SSSR count). The summed E-state index contributed by atoms with van der Waals surface area (Å²) < 4.78 is 26.8. The zero-order chi connectivity index (χ0) is 29.3. The molecule has 3 atom stereocenters. The van der Waals surface area contributed by atoms with E-state index >= 15 is 0 Å². The molecule has 0 aliphatic carbocycles. The summed E-state index contributed by atoms with van der Waals surface area (Å²) in [5.74, 6) is -2.13. The van der Waals surface area contributed by atoms with Crippen LogP contribution in [-0.2, 0) is 47.7 Å². The van der Waals surface area contributed by atoms with Gasteiger partial charge in [0.1, 0.15) is 18.3 Å². The summed E-state index contributed by atoms with van der Waals surface area (Å²) in [6.45, 7) is 12.2. The molecule has 0 aromatic rings. The van der Waals surface area contributed by atoms with E-state index in [2.05, 4.69) is 0 Å². The third-order valence-electron chi connectivity index (χ3n) is 5.34. The Hall–Kier alpha value is -2.91. The standard InChI is InChI=1S/C28H46O10/c1-9-25(30)37-22(13-12-20(6)28(33)34-8)17-24(36-21(7)29)23(38-27(32)16-19(4)5)11-10-14-35-26(31)15-18(2)3/h12,18-19,22-24H,9-11,13-17H2,1-8H3/b20-12+/t22-,23+,24-/m1/s1. The normalized spacial score (nSPS) is 13.9. The highest BCUT2D eigenvalue weighted by Crippen LogP contribution is 2.22. The van der Waals surface area contributed by atoms with Gasteiger partial charge in [0.15, 0.2) is 0 Å². The van der Waals surface area contributed by atoms with E-state index in [9.17, 15) is 24.0 Å². The van der Waals surface area contributed by atoms with Crippen LogP contribution in [-0.4, -0.2) is 61.9 Å². The molecular weight excluding hydrogens is 496 g/mol. The summed E-state index contributed by atoms with van der Waals surface area (Å²) in [5, 5.41) is 0. The SMILES string of the molecule is CCC(=O)O[C@H](C/C=C(\C)C(=O)OC)C[C@@H](OC(C)=O)[C@H](CCCOC(=O)CC(C)C)OC(=O)CC(C)C. The lowest BCUT2D eigenvalue weighted by molar-refractivity contribution is -0.173. The average molecular weight is 543 g/mol. The van der Waals surface area contributed by atoms with Crippen molar-refractivity contribution >= 4 is 29.8 Å². The van der Waals surface area contributed by atoms with Crippen molar-refractivity contribution in [3.05, 3.63) is 11.6 Å². The van der Waals surface area contributed by atoms with Crippen molar-refractivity contribution in [2.45, 2.75) is 112 Å². The Bertz CT molecular complexity index is 799. The molecule has 38 heavy (non-hydrogen) atoms. The summed E-state index contributed by atoms with van der Waals surface area (Å²) in [6.07, 6.45) is 0.423. The van der Waals surface area contributed by atoms with Gasteiger partial charge in [0.2, 0.25) is 0 Å². The van der Waals surface area contributed by atoms with E-state index in [1.807, 2.05) is 27.7 Å². The van der Waals surface area contributed by atoms with Gasteiger partial charge in [0, 0.05) is 44.6 Å². The van der Waals surface area contributed by atoms with Gasteiger partial charge in [-0.05, 0) is 31.6 Å². The largest absolute Gasteiger partial charge is 0.466 e. The van der Waals surface area contributed by atoms with E-state index in [1.54, 1.807) is 19.9 Å². The van der Waals surface area contributed by atoms with Gasteiger partial charge in [0.25, 0.3) is 0 Å². The number of hydrogen-bond acceptors (Lipinski definition) is 10. The number of hydrogen-bond donors (Lipinski definition) is 0. The zero-order valence-electron chi connectivity index (χ0n) is 24.2. The second-order valence-corrected chi connectivity index (χ2v) is 10.1. The molecule has 0 unspecified atom stereocenters. The number of carbonyl (C=O) groups is 5. The Kier molecular flexibility index (Phi) is 17.7. The zero-order valence-corrected chi connectivity index (χ0v) is 24.2. The van der Waals surface area contributed by atoms with Crippen LogP contribution in [0, 0.1) is 11.8 Å². The first-order chi connectivity index (χ1) is 17.8. The van der Waals surface area contributed by atoms with Gasteiger partial charge >= 0.3 is 29.8 Å². The molecule has 0 bridgehead atoms. The van der Waals surface area contributed by atoms with Crippen LogP contribution in [0.15, 0.2) is 11.6 Å². The molecule has 218 valence electrons. The van der Waals surface area contributed by atoms with Gasteiger partial charge in [-0.25, -0.2) is 4.79 Å². The predicted molar refractivity (Wildman–Crippen MR) is 140 cm³/mol. The minimum atomic E-state index is -0.934. The van der Waals surface area contributed by atoms with Gasteiger partial charge in [-0.2, -0.15) is 0 Å². The van der Waals surface area contributed by atoms with E-state index < -0.39 is 42.2 Å². The van der Waals surface area contributed by atoms with Gasteiger partial charge in [-0.15, -0.1) is 0 Å². The molecule has 0 saturated carbocycles. The minimum absolute atomic E-state index is 0.0308. The van der Waals surface area contributed by atoms with Crippen molar-refractivity contribution < 1.29 is 47.7 Å². The molecule has 10 heteroatoms. The van der Waals surface area contributed by atoms with Crippen molar-refractivity contribution in [3.8, 4) is 0 Å². The minimum Gasteiger partial charge on any atom is -0.466 e. The van der Waals surface area contributed by atoms with Gasteiger partial charge in [-0.3, -0.25) is 19.2 Å². The molecule has 10 nitrogen and oxygen atoms in total. The fraction of sp³-hybridized carbons (Fsp3) is 0.750. The molecule has 0 aromatic carbocycles. The maximum atomic E-state index is 12.6. The Morgan fingerprint density at radius 2 is 1.39 bits per heavy atom. The number of carbonyl (C=O) groups excluding carboxylic acids is 5. The molecule has 0 aliphatic rings. The van der Waals surface area contributed by atoms with Crippen molar-refractivity contribution in [2.75, 3.05) is 13.7 Å². The smallest absolute Gasteiger partial charge is 0.333 e. The molecule has 0 radical (unpaired) electrons. The molecule has 0 spiro atoms. The van der Waals surface area contributed by atoms with Crippen molar-refractivity contribution in [1.29, 1.82) is 0 Å². The topological polar surface area (TPSA) is 132 Å². The molecule has 0 heterocycles. The first-order valence-corrected chi connectivity index (χ1v) is 13.3. The fourth-order valence-corrected chi connectivity index (χ4v) is 3.50. The molecular formula is C28H46O10. The van der Waals surface area contributed by atoms with Crippen LogP contribution < -0.4 is 0 Å². The number of esters is 5. The third-order valence-corrected chi connectivity index (χ3v) is 5.34. The van der Waals surface area contributed by atoms with Crippen LogP contribution in [0.4, 0.5) is 0 Å². The maximum absolute atomic E-state index is 12.6. The van der Waals surface area contributed by atoms with Crippen LogP contribution in [0.5, 0.6) is 0 Å². The van der Waals surface area contributed by atoms with E-state index in [4.69, 9.17) is 23.7 Å². The summed E-state index contributed by atoms with van der Waals surface area (Å²) in [7, 11) is 1.27. The number of ether oxygens (including phenoxy) is 5. The second-order valence-electron chi connectivity index (χ2n) is 10.1. The van der Waals surface area contributed by atoms with Crippen LogP contribution >= 0.6 is 0 Å². The van der Waals surface area contributed by atoms with E-state index in [-0.39, 0.29) is 56.5 Å². The van der Waals surface area contributed by atoms with E-state index in [1.165, 1.54) is 14.0 Å². The lowest BCUT2D eigenvalue weighted by Gasteiger charge is -2.29. The molecule has 0 amide bonds. The lowest BCUT2D eigenvalue weighted by atomic mass is 9.99. The first-order valence-electron chi connectivity index (χ1n) is 13.3. The Morgan fingerprint density at radius 3 is 1.92 bits per heavy atom. The molecule has 0 fully saturated rings. The third kappa shape index (κ3) is 16.8. The first kappa shape index (κ1) is 35.1. The van der Waals surface area contributed by atoms with Crippen LogP contribution in [0.3, 0.4) is 0 Å². The highest BCUT2D eigenvalue weighted by Gasteiger charge is 2.32. The fourth-order valence-electron chi connectivity index (χ4n) is 3.50. The summed E-state index contributed by atoms with van der Waals surface area (Å²) >= 11 is 0. The highest BCUT2D eigenvalue weighted by atomic mass is 16.6. The van der Waals surface area contributed by atoms with Crippen LogP contribution in [0.25, 0.3) is 0 Å². The second kappa shape index (κ2) is 19.2. The van der Waals surface area contributed by atoms with E-state index in [0.717, 1.165) is 0 Å². The predicted octanol–water partition coefficient (Wildman–Crippen LogP) is 4.47. The molecule has 0 N–H and O–H groups in total. The van der Waals surface area contributed by atoms with Crippen LogP contribution in [0.2, 0.25) is 0 Å². The van der Waals surface area contributed by atoms with Gasteiger partial charge in [0.05, 0.1) is 13.7 Å². The quantitative estimate of drug-likeness (QED) is 0.106. The average Bonchev–Trinajstić information content (AvgIpc) is 2.81. The lowest BCUT2D eigenvalue weighted by Crippen LogP contribution is -2.39. The number of methoxy groups -OCH3 is 1. The Balaban J connectivity index is 5.80. The monoisotopic (exact) mass is 542 g/mol. The van der Waals surface area contributed by atoms with Crippen LogP contribution in [0.1, 0.15) is 93.4 Å². The van der Waals surface area contributed by atoms with Crippen molar-refractivity contribution in [1.82, 2.24) is 0 Å². The highest BCUT2D eigenvalue weighted by molar-refractivity contribution is 5.87. The Labute approximate surface area is 226 Å². The summed E-state index contributed by atoms with van der Waals surface area (Å²) in [4.78, 5) is 60.3. The van der Waals surface area contributed by atoms with Gasteiger partial charge in [-0.1, -0.05) is 40.7 Å². The molecule has 0 saturated heterocycles. The van der Waals surface area contributed by atoms with E-state index in [0.29, 0.717) is 18.4 Å². The van der Waals surface area contributed by atoms with Crippen molar-refractivity contribution in [3.63, 3.8) is 0 Å². The maximum Gasteiger partial charge on any atom is 0.333 e. The Morgan fingerprint density at radius 1 is 0.789 bits per heavy atom. The van der Waals surface area contributed by atoms with Crippen molar-refractivity contribution in [2.24, 2.45) is 11.8 Å². The summed E-state index contributed by atoms with van der Waals surface area (Å²) in [6, 6.07) is 0. The number of rotatable bonds is 18. The molecule has 0 aliphatic heterocycles.